The minimum Gasteiger partial charge on any atom is -0.496 e. The zero-order valence-electron chi connectivity index (χ0n) is 17.8. The topological polar surface area (TPSA) is 58.6 Å². The van der Waals surface area contributed by atoms with Gasteiger partial charge in [-0.15, -0.1) is 0 Å². The van der Waals surface area contributed by atoms with E-state index in [2.05, 4.69) is 5.32 Å². The van der Waals surface area contributed by atoms with Crippen molar-refractivity contribution in [1.29, 1.82) is 0 Å². The molecule has 0 radical (unpaired) electrons. The van der Waals surface area contributed by atoms with E-state index in [9.17, 15) is 9.59 Å². The minimum absolute atomic E-state index is 0.135. The van der Waals surface area contributed by atoms with Crippen LogP contribution in [0.2, 0.25) is 0 Å². The molecule has 0 aliphatic carbocycles. The standard InChI is InChI=1S/C26H24N2O3/c1-17-13-14-21(18(2)15-17)23-24(27-20-10-5-4-6-11-20)26(30)28(25(23)29)16-19-9-7-8-12-22(19)31-3/h4-15,27H,16H2,1-3H3. The SMILES string of the molecule is COc1ccccc1CN1C(=O)C(Nc2ccccc2)=C(c2ccc(C)cc2C)C1=O. The molecule has 31 heavy (non-hydrogen) atoms. The molecule has 156 valence electrons. The van der Waals surface area contributed by atoms with Crippen molar-refractivity contribution in [3.63, 3.8) is 0 Å². The predicted molar refractivity (Wildman–Crippen MR) is 121 cm³/mol. The van der Waals surface area contributed by atoms with Crippen molar-refractivity contribution in [3.05, 3.63) is 101 Å². The maximum atomic E-state index is 13.5. The molecule has 1 heterocycles. The number of methoxy groups -OCH3 is 1. The number of benzene rings is 3. The number of amides is 2. The molecular weight excluding hydrogens is 388 g/mol. The van der Waals surface area contributed by atoms with Crippen molar-refractivity contribution in [1.82, 2.24) is 4.90 Å². The Morgan fingerprint density at radius 1 is 0.871 bits per heavy atom. The summed E-state index contributed by atoms with van der Waals surface area (Å²) in [6, 6.07) is 22.7. The van der Waals surface area contributed by atoms with Gasteiger partial charge in [0.25, 0.3) is 11.8 Å². The van der Waals surface area contributed by atoms with Crippen LogP contribution in [0.4, 0.5) is 5.69 Å². The maximum Gasteiger partial charge on any atom is 0.278 e. The molecule has 0 spiro atoms. The molecule has 0 fully saturated rings. The highest BCUT2D eigenvalue weighted by atomic mass is 16.5. The number of carbonyl (C=O) groups excluding carboxylic acids is 2. The van der Waals surface area contributed by atoms with E-state index in [1.807, 2.05) is 86.6 Å². The van der Waals surface area contributed by atoms with Crippen LogP contribution in [0.3, 0.4) is 0 Å². The normalized spacial score (nSPS) is 13.7. The van der Waals surface area contributed by atoms with Crippen LogP contribution in [-0.4, -0.2) is 23.8 Å². The highest BCUT2D eigenvalue weighted by Gasteiger charge is 2.40. The highest BCUT2D eigenvalue weighted by Crippen LogP contribution is 2.34. The lowest BCUT2D eigenvalue weighted by molar-refractivity contribution is -0.137. The van der Waals surface area contributed by atoms with Gasteiger partial charge in [-0.1, -0.05) is 60.2 Å². The van der Waals surface area contributed by atoms with Crippen LogP contribution in [0.15, 0.2) is 78.5 Å². The van der Waals surface area contributed by atoms with Crippen molar-refractivity contribution in [2.75, 3.05) is 12.4 Å². The van der Waals surface area contributed by atoms with E-state index in [4.69, 9.17) is 4.74 Å². The van der Waals surface area contributed by atoms with Gasteiger partial charge in [-0.3, -0.25) is 14.5 Å². The molecule has 4 rings (SSSR count). The maximum absolute atomic E-state index is 13.5. The molecule has 0 aromatic heterocycles. The average Bonchev–Trinajstić information content (AvgIpc) is 2.99. The number of nitrogens with zero attached hydrogens (tertiary/aromatic N) is 1. The van der Waals surface area contributed by atoms with Crippen LogP contribution in [0, 0.1) is 13.8 Å². The summed E-state index contributed by atoms with van der Waals surface area (Å²) in [7, 11) is 1.58. The first kappa shape index (κ1) is 20.4. The molecule has 1 aliphatic rings. The molecule has 0 saturated heterocycles. The summed E-state index contributed by atoms with van der Waals surface area (Å²) in [6.45, 7) is 4.09. The van der Waals surface area contributed by atoms with Gasteiger partial charge in [-0.25, -0.2) is 0 Å². The van der Waals surface area contributed by atoms with E-state index in [-0.39, 0.29) is 24.1 Å². The Kier molecular flexibility index (Phi) is 5.58. The van der Waals surface area contributed by atoms with Crippen LogP contribution in [0.1, 0.15) is 22.3 Å². The lowest BCUT2D eigenvalue weighted by atomic mass is 9.97. The number of para-hydroxylation sites is 2. The number of carbonyl (C=O) groups is 2. The van der Waals surface area contributed by atoms with Gasteiger partial charge in [0.1, 0.15) is 11.4 Å². The number of hydrogen-bond donors (Lipinski definition) is 1. The third-order valence-electron chi connectivity index (χ3n) is 5.38. The van der Waals surface area contributed by atoms with Crippen LogP contribution in [0.25, 0.3) is 5.57 Å². The van der Waals surface area contributed by atoms with Crippen molar-refractivity contribution in [3.8, 4) is 5.75 Å². The van der Waals surface area contributed by atoms with Gasteiger partial charge < -0.3 is 10.1 Å². The number of rotatable bonds is 6. The van der Waals surface area contributed by atoms with Gasteiger partial charge in [0.15, 0.2) is 0 Å². The predicted octanol–water partition coefficient (Wildman–Crippen LogP) is 4.70. The third-order valence-corrected chi connectivity index (χ3v) is 5.38. The lowest BCUT2D eigenvalue weighted by Gasteiger charge is -2.17. The van der Waals surface area contributed by atoms with Gasteiger partial charge in [0.2, 0.25) is 0 Å². The molecule has 5 nitrogen and oxygen atoms in total. The Morgan fingerprint density at radius 2 is 1.58 bits per heavy atom. The first-order valence-corrected chi connectivity index (χ1v) is 10.1. The second-order valence-corrected chi connectivity index (χ2v) is 7.57. The third kappa shape index (κ3) is 3.94. The van der Waals surface area contributed by atoms with Gasteiger partial charge in [0, 0.05) is 11.3 Å². The Morgan fingerprint density at radius 3 is 2.29 bits per heavy atom. The van der Waals surface area contributed by atoms with Crippen molar-refractivity contribution < 1.29 is 14.3 Å². The van der Waals surface area contributed by atoms with Crippen molar-refractivity contribution >= 4 is 23.1 Å². The molecule has 3 aromatic rings. The van der Waals surface area contributed by atoms with Crippen molar-refractivity contribution in [2.45, 2.75) is 20.4 Å². The number of hydrogen-bond acceptors (Lipinski definition) is 4. The minimum atomic E-state index is -0.352. The molecule has 0 saturated carbocycles. The lowest BCUT2D eigenvalue weighted by Crippen LogP contribution is -2.32. The summed E-state index contributed by atoms with van der Waals surface area (Å²) < 4.78 is 5.41. The molecule has 3 aromatic carbocycles. The number of imide groups is 1. The number of anilines is 1. The first-order valence-electron chi connectivity index (χ1n) is 10.1. The zero-order valence-corrected chi connectivity index (χ0v) is 17.8. The molecule has 1 aliphatic heterocycles. The summed E-state index contributed by atoms with van der Waals surface area (Å²) in [5.74, 6) is -0.0309. The van der Waals surface area contributed by atoms with E-state index >= 15 is 0 Å². The molecule has 5 heteroatoms. The molecule has 0 bridgehead atoms. The van der Waals surface area contributed by atoms with E-state index in [1.165, 1.54) is 4.90 Å². The number of ether oxygens (including phenoxy) is 1. The summed E-state index contributed by atoms with van der Waals surface area (Å²) in [6.07, 6.45) is 0. The van der Waals surface area contributed by atoms with Crippen molar-refractivity contribution in [2.24, 2.45) is 0 Å². The Balaban J connectivity index is 1.78. The first-order chi connectivity index (χ1) is 15.0. The number of aryl methyl sites for hydroxylation is 2. The fourth-order valence-electron chi connectivity index (χ4n) is 3.85. The molecule has 0 unspecified atom stereocenters. The average molecular weight is 412 g/mol. The Hall–Kier alpha value is -3.86. The molecule has 1 N–H and O–H groups in total. The fourth-order valence-corrected chi connectivity index (χ4v) is 3.85. The summed E-state index contributed by atoms with van der Waals surface area (Å²) >= 11 is 0. The summed E-state index contributed by atoms with van der Waals surface area (Å²) in [5.41, 5.74) is 5.00. The Bertz CT molecular complexity index is 1180. The van der Waals surface area contributed by atoms with Gasteiger partial charge >= 0.3 is 0 Å². The van der Waals surface area contributed by atoms with Crippen LogP contribution in [0.5, 0.6) is 5.75 Å². The monoisotopic (exact) mass is 412 g/mol. The Labute approximate surface area is 182 Å². The van der Waals surface area contributed by atoms with Crippen LogP contribution < -0.4 is 10.1 Å². The van der Waals surface area contributed by atoms with E-state index in [0.29, 0.717) is 11.3 Å². The summed E-state index contributed by atoms with van der Waals surface area (Å²) in [4.78, 5) is 28.2. The van der Waals surface area contributed by atoms with Gasteiger partial charge in [-0.05, 0) is 43.2 Å². The van der Waals surface area contributed by atoms with Gasteiger partial charge in [0.05, 0.1) is 19.2 Å². The van der Waals surface area contributed by atoms with Crippen LogP contribution >= 0.6 is 0 Å². The van der Waals surface area contributed by atoms with Crippen LogP contribution in [-0.2, 0) is 16.1 Å². The molecule has 2 amide bonds. The second-order valence-electron chi connectivity index (χ2n) is 7.57. The number of nitrogens with one attached hydrogen (secondary N) is 1. The van der Waals surface area contributed by atoms with E-state index in [0.717, 1.165) is 27.9 Å². The summed E-state index contributed by atoms with van der Waals surface area (Å²) in [5, 5.41) is 3.19. The molecular formula is C26H24N2O3. The van der Waals surface area contributed by atoms with Gasteiger partial charge in [-0.2, -0.15) is 0 Å². The smallest absolute Gasteiger partial charge is 0.278 e. The molecule has 0 atom stereocenters. The second kappa shape index (κ2) is 8.48. The largest absolute Gasteiger partial charge is 0.496 e. The van der Waals surface area contributed by atoms with E-state index in [1.54, 1.807) is 7.11 Å². The fraction of sp³-hybridized carbons (Fsp3) is 0.154. The zero-order chi connectivity index (χ0) is 22.0. The highest BCUT2D eigenvalue weighted by molar-refractivity contribution is 6.36. The van der Waals surface area contributed by atoms with E-state index < -0.39 is 0 Å². The quantitative estimate of drug-likeness (QED) is 0.596.